The first-order valence-electron chi connectivity index (χ1n) is 4.94. The van der Waals surface area contributed by atoms with Crippen LogP contribution < -0.4 is 10.6 Å². The standard InChI is InChI=1S/C10H15ClN2O/c11-8-2-1-5-13-9(8)10(14)3-6-12-7-4-10/h1-2,5,9,12-14H,3-4,6-7H2. The topological polar surface area (TPSA) is 44.3 Å². The van der Waals surface area contributed by atoms with Crippen molar-refractivity contribution in [3.63, 3.8) is 0 Å². The summed E-state index contributed by atoms with van der Waals surface area (Å²) in [6.45, 7) is 1.70. The molecule has 3 nitrogen and oxygen atoms in total. The number of aliphatic hydroxyl groups is 1. The molecule has 2 aliphatic rings. The van der Waals surface area contributed by atoms with E-state index in [1.807, 2.05) is 18.4 Å². The van der Waals surface area contributed by atoms with Gasteiger partial charge in [0.15, 0.2) is 0 Å². The molecule has 0 aromatic rings. The molecule has 4 heteroatoms. The van der Waals surface area contributed by atoms with Crippen molar-refractivity contribution >= 4 is 11.6 Å². The van der Waals surface area contributed by atoms with E-state index in [1.54, 1.807) is 0 Å². The van der Waals surface area contributed by atoms with E-state index in [2.05, 4.69) is 10.6 Å². The lowest BCUT2D eigenvalue weighted by atomic mass is 9.84. The number of hydrogen-bond donors (Lipinski definition) is 3. The molecule has 1 fully saturated rings. The highest BCUT2D eigenvalue weighted by Crippen LogP contribution is 2.29. The number of nitrogens with one attached hydrogen (secondary N) is 2. The van der Waals surface area contributed by atoms with Gasteiger partial charge in [0, 0.05) is 5.03 Å². The highest BCUT2D eigenvalue weighted by Gasteiger charge is 2.39. The van der Waals surface area contributed by atoms with Gasteiger partial charge in [-0.25, -0.2) is 0 Å². The van der Waals surface area contributed by atoms with Gasteiger partial charge in [0.1, 0.15) is 0 Å². The molecule has 2 rings (SSSR count). The molecule has 1 atom stereocenters. The maximum atomic E-state index is 10.4. The Labute approximate surface area is 88.8 Å². The molecule has 0 saturated carbocycles. The van der Waals surface area contributed by atoms with Gasteiger partial charge in [-0.15, -0.1) is 0 Å². The molecular weight excluding hydrogens is 200 g/mol. The Morgan fingerprint density at radius 2 is 2.14 bits per heavy atom. The van der Waals surface area contributed by atoms with Crippen molar-refractivity contribution in [3.8, 4) is 0 Å². The number of rotatable bonds is 1. The van der Waals surface area contributed by atoms with Crippen LogP contribution in [0.4, 0.5) is 0 Å². The minimum atomic E-state index is -0.705. The minimum Gasteiger partial charge on any atom is -0.387 e. The second-order valence-corrected chi connectivity index (χ2v) is 4.30. The highest BCUT2D eigenvalue weighted by molar-refractivity contribution is 6.30. The second kappa shape index (κ2) is 3.93. The number of halogens is 1. The summed E-state index contributed by atoms with van der Waals surface area (Å²) < 4.78 is 0. The first-order valence-corrected chi connectivity index (χ1v) is 5.31. The van der Waals surface area contributed by atoms with E-state index in [0.29, 0.717) is 5.03 Å². The van der Waals surface area contributed by atoms with Crippen LogP contribution in [0.5, 0.6) is 0 Å². The van der Waals surface area contributed by atoms with Crippen LogP contribution in [-0.4, -0.2) is 29.8 Å². The monoisotopic (exact) mass is 214 g/mol. The molecule has 78 valence electrons. The summed E-state index contributed by atoms with van der Waals surface area (Å²) in [6, 6.07) is -0.142. The van der Waals surface area contributed by atoms with Gasteiger partial charge in [-0.1, -0.05) is 11.6 Å². The number of allylic oxidation sites excluding steroid dienone is 2. The number of hydrogen-bond acceptors (Lipinski definition) is 3. The Morgan fingerprint density at radius 1 is 1.43 bits per heavy atom. The zero-order chi connectivity index (χ0) is 10.0. The Hall–Kier alpha value is -0.510. The molecule has 0 radical (unpaired) electrons. The third-order valence-corrected chi connectivity index (χ3v) is 3.24. The summed E-state index contributed by atoms with van der Waals surface area (Å²) in [5.41, 5.74) is -0.705. The van der Waals surface area contributed by atoms with E-state index in [1.165, 1.54) is 0 Å². The van der Waals surface area contributed by atoms with Crippen LogP contribution in [0.15, 0.2) is 23.4 Å². The first kappa shape index (κ1) is 10.0. The van der Waals surface area contributed by atoms with Crippen molar-refractivity contribution in [3.05, 3.63) is 23.4 Å². The third kappa shape index (κ3) is 1.80. The van der Waals surface area contributed by atoms with Gasteiger partial charge in [0.2, 0.25) is 0 Å². The SMILES string of the molecule is OC1(C2NC=CC=C2Cl)CCNCC1. The van der Waals surface area contributed by atoms with Crippen molar-refractivity contribution in [1.82, 2.24) is 10.6 Å². The number of dihydropyridines is 1. The fraction of sp³-hybridized carbons (Fsp3) is 0.600. The van der Waals surface area contributed by atoms with Crippen LogP contribution in [0.3, 0.4) is 0 Å². The van der Waals surface area contributed by atoms with Gasteiger partial charge in [0.05, 0.1) is 11.6 Å². The molecule has 2 heterocycles. The van der Waals surface area contributed by atoms with Crippen LogP contribution in [0.25, 0.3) is 0 Å². The first-order chi connectivity index (χ1) is 6.72. The van der Waals surface area contributed by atoms with Gasteiger partial charge in [-0.05, 0) is 44.3 Å². The zero-order valence-electron chi connectivity index (χ0n) is 7.96. The minimum absolute atomic E-state index is 0.142. The third-order valence-electron chi connectivity index (χ3n) is 2.90. The van der Waals surface area contributed by atoms with Gasteiger partial charge < -0.3 is 15.7 Å². The quantitative estimate of drug-likeness (QED) is 0.603. The van der Waals surface area contributed by atoms with Gasteiger partial charge in [0.25, 0.3) is 0 Å². The molecule has 0 amide bonds. The van der Waals surface area contributed by atoms with E-state index >= 15 is 0 Å². The zero-order valence-corrected chi connectivity index (χ0v) is 8.72. The van der Waals surface area contributed by atoms with Crippen LogP contribution in [0.1, 0.15) is 12.8 Å². The second-order valence-electron chi connectivity index (χ2n) is 3.86. The maximum Gasteiger partial charge on any atom is 0.0922 e. The Morgan fingerprint density at radius 3 is 2.79 bits per heavy atom. The van der Waals surface area contributed by atoms with E-state index < -0.39 is 5.60 Å². The van der Waals surface area contributed by atoms with Crippen molar-refractivity contribution in [2.45, 2.75) is 24.5 Å². The summed E-state index contributed by atoms with van der Waals surface area (Å²) in [5, 5.41) is 17.4. The molecule has 0 aromatic heterocycles. The van der Waals surface area contributed by atoms with E-state index in [9.17, 15) is 5.11 Å². The van der Waals surface area contributed by atoms with Crippen molar-refractivity contribution in [2.24, 2.45) is 0 Å². The normalized spacial score (nSPS) is 30.7. The van der Waals surface area contributed by atoms with Crippen LogP contribution in [0, 0.1) is 0 Å². The lowest BCUT2D eigenvalue weighted by Crippen LogP contribution is -2.55. The Bertz CT molecular complexity index is 269. The molecule has 0 aromatic carbocycles. The Balaban J connectivity index is 2.12. The highest BCUT2D eigenvalue weighted by atomic mass is 35.5. The molecule has 2 aliphatic heterocycles. The fourth-order valence-electron chi connectivity index (χ4n) is 2.03. The van der Waals surface area contributed by atoms with Gasteiger partial charge in [-0.3, -0.25) is 0 Å². The lowest BCUT2D eigenvalue weighted by Gasteiger charge is -2.40. The predicted octanol–water partition coefficient (Wildman–Crippen LogP) is 0.709. The van der Waals surface area contributed by atoms with Gasteiger partial charge >= 0.3 is 0 Å². The molecule has 1 unspecified atom stereocenters. The Kier molecular flexibility index (Phi) is 2.81. The van der Waals surface area contributed by atoms with Crippen LogP contribution in [-0.2, 0) is 0 Å². The van der Waals surface area contributed by atoms with E-state index in [-0.39, 0.29) is 6.04 Å². The smallest absolute Gasteiger partial charge is 0.0922 e. The summed E-state index contributed by atoms with van der Waals surface area (Å²) in [7, 11) is 0. The number of piperidine rings is 1. The van der Waals surface area contributed by atoms with E-state index in [0.717, 1.165) is 25.9 Å². The van der Waals surface area contributed by atoms with Crippen molar-refractivity contribution in [2.75, 3.05) is 13.1 Å². The van der Waals surface area contributed by atoms with Crippen molar-refractivity contribution < 1.29 is 5.11 Å². The van der Waals surface area contributed by atoms with Crippen LogP contribution in [0.2, 0.25) is 0 Å². The summed E-state index contributed by atoms with van der Waals surface area (Å²) in [4.78, 5) is 0. The molecule has 0 aliphatic carbocycles. The summed E-state index contributed by atoms with van der Waals surface area (Å²) in [6.07, 6.45) is 6.99. The molecule has 1 saturated heterocycles. The van der Waals surface area contributed by atoms with Gasteiger partial charge in [-0.2, -0.15) is 0 Å². The molecule has 0 bridgehead atoms. The average molecular weight is 215 g/mol. The fourth-order valence-corrected chi connectivity index (χ4v) is 2.37. The van der Waals surface area contributed by atoms with Crippen LogP contribution >= 0.6 is 11.6 Å². The van der Waals surface area contributed by atoms with Crippen molar-refractivity contribution in [1.29, 1.82) is 0 Å². The van der Waals surface area contributed by atoms with E-state index in [4.69, 9.17) is 11.6 Å². The maximum absolute atomic E-state index is 10.4. The average Bonchev–Trinajstić information content (AvgIpc) is 2.19. The molecular formula is C10H15ClN2O. The predicted molar refractivity (Wildman–Crippen MR) is 57.1 cm³/mol. The molecule has 14 heavy (non-hydrogen) atoms. The molecule has 0 spiro atoms. The largest absolute Gasteiger partial charge is 0.387 e. The summed E-state index contributed by atoms with van der Waals surface area (Å²) in [5.74, 6) is 0. The summed E-state index contributed by atoms with van der Waals surface area (Å²) >= 11 is 6.07. The molecule has 3 N–H and O–H groups in total. The lowest BCUT2D eigenvalue weighted by molar-refractivity contribution is -0.00895.